The molecule has 7 heteroatoms. The molecule has 1 aliphatic rings. The Morgan fingerprint density at radius 1 is 1.17 bits per heavy atom. The van der Waals surface area contributed by atoms with E-state index in [1.165, 1.54) is 20.3 Å². The molecular formula is C16H20BNO5. The van der Waals surface area contributed by atoms with Gasteiger partial charge in [-0.15, -0.1) is 0 Å². The Kier molecular flexibility index (Phi) is 4.42. The Labute approximate surface area is 136 Å². The lowest BCUT2D eigenvalue weighted by atomic mass is 9.75. The predicted molar refractivity (Wildman–Crippen MR) is 84.8 cm³/mol. The second kappa shape index (κ2) is 5.87. The number of benzene rings is 1. The summed E-state index contributed by atoms with van der Waals surface area (Å²) in [6, 6.07) is 5.12. The second-order valence-electron chi connectivity index (χ2n) is 6.33. The van der Waals surface area contributed by atoms with Crippen LogP contribution in [0.5, 0.6) is 5.75 Å². The van der Waals surface area contributed by atoms with Gasteiger partial charge in [-0.2, -0.15) is 5.26 Å². The minimum atomic E-state index is -0.770. The molecule has 2 rings (SSSR count). The number of nitriles is 1. The molecule has 1 aromatic carbocycles. The second-order valence-corrected chi connectivity index (χ2v) is 6.33. The molecule has 0 spiro atoms. The summed E-state index contributed by atoms with van der Waals surface area (Å²) in [4.78, 5) is 11.9. The van der Waals surface area contributed by atoms with Crippen molar-refractivity contribution >= 4 is 18.6 Å². The van der Waals surface area contributed by atoms with Crippen molar-refractivity contribution in [3.8, 4) is 11.8 Å². The fourth-order valence-corrected chi connectivity index (χ4v) is 2.31. The Hall–Kier alpha value is -2.04. The highest BCUT2D eigenvalue weighted by Crippen LogP contribution is 2.37. The zero-order valence-electron chi connectivity index (χ0n) is 14.2. The first-order valence-electron chi connectivity index (χ1n) is 7.23. The van der Waals surface area contributed by atoms with E-state index in [4.69, 9.17) is 18.8 Å². The van der Waals surface area contributed by atoms with Crippen LogP contribution in [0.1, 0.15) is 43.6 Å². The normalized spacial score (nSPS) is 18.4. The average molecular weight is 317 g/mol. The van der Waals surface area contributed by atoms with Gasteiger partial charge in [0.15, 0.2) is 0 Å². The Morgan fingerprint density at radius 2 is 1.74 bits per heavy atom. The van der Waals surface area contributed by atoms with Gasteiger partial charge in [0, 0.05) is 5.46 Å². The van der Waals surface area contributed by atoms with Gasteiger partial charge in [0.1, 0.15) is 11.8 Å². The zero-order chi connectivity index (χ0) is 17.4. The lowest BCUT2D eigenvalue weighted by molar-refractivity contribution is 0.00578. The van der Waals surface area contributed by atoms with E-state index in [-0.39, 0.29) is 16.9 Å². The van der Waals surface area contributed by atoms with Crippen LogP contribution in [0.3, 0.4) is 0 Å². The van der Waals surface area contributed by atoms with Crippen LogP contribution in [0.2, 0.25) is 0 Å². The van der Waals surface area contributed by atoms with Crippen LogP contribution in [-0.2, 0) is 14.0 Å². The molecule has 1 saturated heterocycles. The molecule has 0 bridgehead atoms. The van der Waals surface area contributed by atoms with Gasteiger partial charge >= 0.3 is 13.1 Å². The molecule has 1 fully saturated rings. The van der Waals surface area contributed by atoms with E-state index in [0.29, 0.717) is 5.46 Å². The molecule has 23 heavy (non-hydrogen) atoms. The van der Waals surface area contributed by atoms with E-state index in [9.17, 15) is 10.1 Å². The molecule has 0 amide bonds. The van der Waals surface area contributed by atoms with Gasteiger partial charge in [0.05, 0.1) is 36.5 Å². The van der Waals surface area contributed by atoms with E-state index in [0.717, 1.165) is 0 Å². The molecule has 122 valence electrons. The Morgan fingerprint density at radius 3 is 2.17 bits per heavy atom. The third kappa shape index (κ3) is 2.92. The van der Waals surface area contributed by atoms with Crippen LogP contribution in [0.15, 0.2) is 12.1 Å². The number of ether oxygens (including phenoxy) is 2. The molecule has 0 atom stereocenters. The van der Waals surface area contributed by atoms with Crippen LogP contribution in [-0.4, -0.2) is 38.5 Å². The standard InChI is InChI=1S/C16H20BNO5/c1-15(2)16(3,4)23-17(22-15)12-7-10(14(19)21-6)8-13(20-5)11(12)9-18/h7-8H,1-6H3. The fraction of sp³-hybridized carbons (Fsp3) is 0.500. The number of esters is 1. The number of carbonyl (C=O) groups is 1. The molecule has 0 aromatic heterocycles. The molecule has 6 nitrogen and oxygen atoms in total. The van der Waals surface area contributed by atoms with E-state index >= 15 is 0 Å². The molecule has 1 aromatic rings. The molecule has 0 unspecified atom stereocenters. The number of methoxy groups -OCH3 is 2. The minimum Gasteiger partial charge on any atom is -0.495 e. The molecule has 0 saturated carbocycles. The molecule has 0 N–H and O–H groups in total. The third-order valence-electron chi connectivity index (χ3n) is 4.39. The molecule has 1 heterocycles. The van der Waals surface area contributed by atoms with Gasteiger partial charge in [-0.05, 0) is 39.8 Å². The maximum absolute atomic E-state index is 11.9. The first kappa shape index (κ1) is 17.3. The van der Waals surface area contributed by atoms with E-state index in [1.54, 1.807) is 6.07 Å². The first-order chi connectivity index (χ1) is 10.7. The van der Waals surface area contributed by atoms with Crippen molar-refractivity contribution in [2.45, 2.75) is 38.9 Å². The highest BCUT2D eigenvalue weighted by atomic mass is 16.7. The highest BCUT2D eigenvalue weighted by Gasteiger charge is 2.52. The first-order valence-corrected chi connectivity index (χ1v) is 7.23. The smallest absolute Gasteiger partial charge is 0.495 e. The lowest BCUT2D eigenvalue weighted by Crippen LogP contribution is -2.41. The minimum absolute atomic E-state index is 0.271. The van der Waals surface area contributed by atoms with E-state index in [1.807, 2.05) is 27.7 Å². The van der Waals surface area contributed by atoms with Crippen LogP contribution in [0.4, 0.5) is 0 Å². The number of nitrogens with zero attached hydrogens (tertiary/aromatic N) is 1. The molecular weight excluding hydrogens is 297 g/mol. The van der Waals surface area contributed by atoms with Crippen LogP contribution >= 0.6 is 0 Å². The van der Waals surface area contributed by atoms with Gasteiger partial charge in [-0.1, -0.05) is 0 Å². The van der Waals surface area contributed by atoms with Crippen LogP contribution < -0.4 is 10.2 Å². The topological polar surface area (TPSA) is 77.8 Å². The zero-order valence-corrected chi connectivity index (χ0v) is 14.2. The number of rotatable bonds is 3. The third-order valence-corrected chi connectivity index (χ3v) is 4.39. The number of carbonyl (C=O) groups excluding carboxylic acids is 1. The summed E-state index contributed by atoms with van der Waals surface area (Å²) in [6.45, 7) is 7.67. The van der Waals surface area contributed by atoms with Crippen molar-refractivity contribution in [2.24, 2.45) is 0 Å². The summed E-state index contributed by atoms with van der Waals surface area (Å²) in [6.07, 6.45) is 0. The van der Waals surface area contributed by atoms with Gasteiger partial charge < -0.3 is 18.8 Å². The predicted octanol–water partition coefficient (Wildman–Crippen LogP) is 1.65. The van der Waals surface area contributed by atoms with Crippen molar-refractivity contribution in [3.05, 3.63) is 23.3 Å². The lowest BCUT2D eigenvalue weighted by Gasteiger charge is -2.32. The van der Waals surface area contributed by atoms with Crippen LogP contribution in [0.25, 0.3) is 0 Å². The quantitative estimate of drug-likeness (QED) is 0.623. The number of hydrogen-bond acceptors (Lipinski definition) is 6. The monoisotopic (exact) mass is 317 g/mol. The maximum atomic E-state index is 11.9. The SMILES string of the molecule is COC(=O)c1cc(OC)c(C#N)c(B2OC(C)(C)C(C)(C)O2)c1. The summed E-state index contributed by atoms with van der Waals surface area (Å²) in [7, 11) is 1.96. The van der Waals surface area contributed by atoms with Crippen molar-refractivity contribution in [3.63, 3.8) is 0 Å². The largest absolute Gasteiger partial charge is 0.496 e. The summed E-state index contributed by atoms with van der Waals surface area (Å²) in [5.41, 5.74) is -0.116. The molecule has 1 aliphatic heterocycles. The Balaban J connectivity index is 2.58. The number of hydrogen-bond donors (Lipinski definition) is 0. The fourth-order valence-electron chi connectivity index (χ4n) is 2.31. The van der Waals surface area contributed by atoms with Gasteiger partial charge in [-0.25, -0.2) is 4.79 Å². The summed E-state index contributed by atoms with van der Waals surface area (Å²) >= 11 is 0. The van der Waals surface area contributed by atoms with Gasteiger partial charge in [0.25, 0.3) is 0 Å². The maximum Gasteiger partial charge on any atom is 0.496 e. The van der Waals surface area contributed by atoms with E-state index < -0.39 is 24.3 Å². The van der Waals surface area contributed by atoms with Gasteiger partial charge in [-0.3, -0.25) is 0 Å². The average Bonchev–Trinajstić information content (AvgIpc) is 2.72. The van der Waals surface area contributed by atoms with Gasteiger partial charge in [0.2, 0.25) is 0 Å². The summed E-state index contributed by atoms with van der Waals surface area (Å²) < 4.78 is 21.9. The van der Waals surface area contributed by atoms with Crippen LogP contribution in [0, 0.1) is 11.3 Å². The van der Waals surface area contributed by atoms with Crippen molar-refractivity contribution in [1.29, 1.82) is 5.26 Å². The van der Waals surface area contributed by atoms with Crippen molar-refractivity contribution in [2.75, 3.05) is 14.2 Å². The molecule has 0 aliphatic carbocycles. The Bertz CT molecular complexity index is 662. The highest BCUT2D eigenvalue weighted by molar-refractivity contribution is 6.63. The summed E-state index contributed by atoms with van der Waals surface area (Å²) in [5, 5.41) is 9.48. The van der Waals surface area contributed by atoms with E-state index in [2.05, 4.69) is 6.07 Å². The summed E-state index contributed by atoms with van der Waals surface area (Å²) in [5.74, 6) is -0.245. The molecule has 0 radical (unpaired) electrons. The van der Waals surface area contributed by atoms with Crippen molar-refractivity contribution < 1.29 is 23.6 Å². The van der Waals surface area contributed by atoms with Crippen molar-refractivity contribution in [1.82, 2.24) is 0 Å².